The van der Waals surface area contributed by atoms with E-state index in [4.69, 9.17) is 0 Å². The van der Waals surface area contributed by atoms with E-state index in [9.17, 15) is 0 Å². The Morgan fingerprint density at radius 1 is 1.27 bits per heavy atom. The third-order valence-electron chi connectivity index (χ3n) is 3.52. The summed E-state index contributed by atoms with van der Waals surface area (Å²) in [6, 6.07) is 0.594. The lowest BCUT2D eigenvalue weighted by Crippen LogP contribution is -2.24. The van der Waals surface area contributed by atoms with E-state index in [1.807, 2.05) is 0 Å². The second-order valence-electron chi connectivity index (χ2n) is 5.22. The molecule has 0 aromatic rings. The summed E-state index contributed by atoms with van der Waals surface area (Å²) in [6.45, 7) is 4.37. The Balaban J connectivity index is 2.23. The largest absolute Gasteiger partial charge is 0.314 e. The van der Waals surface area contributed by atoms with Crippen molar-refractivity contribution in [1.29, 1.82) is 0 Å². The average Bonchev–Trinajstić information content (AvgIpc) is 2.25. The molecule has 1 rings (SSSR count). The molecule has 0 saturated heterocycles. The third-order valence-corrected chi connectivity index (χ3v) is 3.52. The standard InChI is InChI=1S/C14H27N/c1-12(2)11-14(15-3)10-9-13-7-5-4-6-8-13/h11,13-15H,4-10H2,1-3H3. The molecule has 0 aromatic carbocycles. The van der Waals surface area contributed by atoms with Gasteiger partial charge in [-0.2, -0.15) is 0 Å². The first-order valence-corrected chi connectivity index (χ1v) is 6.54. The van der Waals surface area contributed by atoms with Crippen LogP contribution in [-0.4, -0.2) is 13.1 Å². The van der Waals surface area contributed by atoms with Crippen molar-refractivity contribution in [3.05, 3.63) is 11.6 Å². The van der Waals surface area contributed by atoms with Crippen LogP contribution < -0.4 is 5.32 Å². The Hall–Kier alpha value is -0.300. The van der Waals surface area contributed by atoms with Crippen molar-refractivity contribution in [3.63, 3.8) is 0 Å². The molecular formula is C14H27N. The molecule has 1 unspecified atom stereocenters. The van der Waals surface area contributed by atoms with Gasteiger partial charge in [0.1, 0.15) is 0 Å². The summed E-state index contributed by atoms with van der Waals surface area (Å²) in [5.41, 5.74) is 1.43. The normalized spacial score (nSPS) is 19.9. The molecule has 0 bridgehead atoms. The van der Waals surface area contributed by atoms with Crippen LogP contribution in [0.3, 0.4) is 0 Å². The van der Waals surface area contributed by atoms with Crippen molar-refractivity contribution < 1.29 is 0 Å². The van der Waals surface area contributed by atoms with Gasteiger partial charge in [0.05, 0.1) is 0 Å². The summed E-state index contributed by atoms with van der Waals surface area (Å²) in [4.78, 5) is 0. The highest BCUT2D eigenvalue weighted by atomic mass is 14.9. The number of allylic oxidation sites excluding steroid dienone is 1. The number of nitrogens with one attached hydrogen (secondary N) is 1. The van der Waals surface area contributed by atoms with Crippen molar-refractivity contribution in [2.45, 2.75) is 64.8 Å². The van der Waals surface area contributed by atoms with Gasteiger partial charge in [0.2, 0.25) is 0 Å². The van der Waals surface area contributed by atoms with Gasteiger partial charge in [-0.3, -0.25) is 0 Å². The molecule has 1 atom stereocenters. The lowest BCUT2D eigenvalue weighted by molar-refractivity contribution is 0.324. The molecule has 0 spiro atoms. The Bertz CT molecular complexity index is 186. The van der Waals surface area contributed by atoms with Gasteiger partial charge in [0, 0.05) is 6.04 Å². The van der Waals surface area contributed by atoms with Gasteiger partial charge in [-0.25, -0.2) is 0 Å². The van der Waals surface area contributed by atoms with Crippen molar-refractivity contribution >= 4 is 0 Å². The van der Waals surface area contributed by atoms with Gasteiger partial charge >= 0.3 is 0 Å². The fourth-order valence-corrected chi connectivity index (χ4v) is 2.60. The Morgan fingerprint density at radius 2 is 1.93 bits per heavy atom. The van der Waals surface area contributed by atoms with Gasteiger partial charge in [0.25, 0.3) is 0 Å². The van der Waals surface area contributed by atoms with Gasteiger partial charge < -0.3 is 5.32 Å². The van der Waals surface area contributed by atoms with Crippen molar-refractivity contribution in [3.8, 4) is 0 Å². The highest BCUT2D eigenvalue weighted by Crippen LogP contribution is 2.27. The fourth-order valence-electron chi connectivity index (χ4n) is 2.60. The van der Waals surface area contributed by atoms with E-state index in [1.165, 1.54) is 50.5 Å². The van der Waals surface area contributed by atoms with Gasteiger partial charge in [-0.05, 0) is 39.7 Å². The molecule has 0 radical (unpaired) electrons. The van der Waals surface area contributed by atoms with Gasteiger partial charge in [-0.1, -0.05) is 43.8 Å². The monoisotopic (exact) mass is 209 g/mol. The highest BCUT2D eigenvalue weighted by molar-refractivity contribution is 5.00. The predicted octanol–water partition coefficient (Wildman–Crippen LogP) is 3.90. The van der Waals surface area contributed by atoms with Crippen LogP contribution in [0.25, 0.3) is 0 Å². The first-order chi connectivity index (χ1) is 7.22. The topological polar surface area (TPSA) is 12.0 Å². The summed E-state index contributed by atoms with van der Waals surface area (Å²) in [6.07, 6.45) is 12.5. The van der Waals surface area contributed by atoms with Crippen LogP contribution in [0.5, 0.6) is 0 Å². The summed E-state index contributed by atoms with van der Waals surface area (Å²) < 4.78 is 0. The minimum atomic E-state index is 0.594. The van der Waals surface area contributed by atoms with E-state index in [0.717, 1.165) is 5.92 Å². The molecule has 1 aliphatic carbocycles. The van der Waals surface area contributed by atoms with Crippen LogP contribution in [0.1, 0.15) is 58.8 Å². The zero-order valence-electron chi connectivity index (χ0n) is 10.7. The lowest BCUT2D eigenvalue weighted by Gasteiger charge is -2.23. The van der Waals surface area contributed by atoms with Crippen molar-refractivity contribution in [2.75, 3.05) is 7.05 Å². The summed E-state index contributed by atoms with van der Waals surface area (Å²) >= 11 is 0. The first kappa shape index (κ1) is 12.8. The molecule has 0 heterocycles. The minimum absolute atomic E-state index is 0.594. The van der Waals surface area contributed by atoms with Crippen molar-refractivity contribution in [1.82, 2.24) is 5.32 Å². The number of hydrogen-bond acceptors (Lipinski definition) is 1. The van der Waals surface area contributed by atoms with E-state index >= 15 is 0 Å². The number of rotatable bonds is 5. The van der Waals surface area contributed by atoms with Gasteiger partial charge in [-0.15, -0.1) is 0 Å². The van der Waals surface area contributed by atoms with Crippen LogP contribution in [0.2, 0.25) is 0 Å². The van der Waals surface area contributed by atoms with E-state index in [2.05, 4.69) is 32.3 Å². The SMILES string of the molecule is CNC(C=C(C)C)CCC1CCCCC1. The Labute approximate surface area is 95.3 Å². The molecular weight excluding hydrogens is 182 g/mol. The molecule has 0 amide bonds. The molecule has 1 fully saturated rings. The lowest BCUT2D eigenvalue weighted by atomic mass is 9.85. The number of hydrogen-bond donors (Lipinski definition) is 1. The van der Waals surface area contributed by atoms with Crippen LogP contribution >= 0.6 is 0 Å². The smallest absolute Gasteiger partial charge is 0.0249 e. The highest BCUT2D eigenvalue weighted by Gasteiger charge is 2.14. The van der Waals surface area contributed by atoms with E-state index in [1.54, 1.807) is 0 Å². The molecule has 1 aliphatic rings. The quantitative estimate of drug-likeness (QED) is 0.677. The van der Waals surface area contributed by atoms with E-state index in [0.29, 0.717) is 6.04 Å². The van der Waals surface area contributed by atoms with Crippen LogP contribution in [-0.2, 0) is 0 Å². The van der Waals surface area contributed by atoms with Crippen LogP contribution in [0.15, 0.2) is 11.6 Å². The molecule has 1 nitrogen and oxygen atoms in total. The fraction of sp³-hybridized carbons (Fsp3) is 0.857. The first-order valence-electron chi connectivity index (χ1n) is 6.54. The molecule has 0 aliphatic heterocycles. The number of likely N-dealkylation sites (N-methyl/N-ethyl adjacent to an activating group) is 1. The maximum absolute atomic E-state index is 3.40. The van der Waals surface area contributed by atoms with Crippen LogP contribution in [0.4, 0.5) is 0 Å². The molecule has 0 aromatic heterocycles. The van der Waals surface area contributed by atoms with E-state index < -0.39 is 0 Å². The molecule has 1 saturated carbocycles. The second kappa shape index (κ2) is 7.05. The predicted molar refractivity (Wildman–Crippen MR) is 68.1 cm³/mol. The van der Waals surface area contributed by atoms with Crippen LogP contribution in [0, 0.1) is 5.92 Å². The van der Waals surface area contributed by atoms with E-state index in [-0.39, 0.29) is 0 Å². The zero-order valence-corrected chi connectivity index (χ0v) is 10.7. The van der Waals surface area contributed by atoms with Gasteiger partial charge in [0.15, 0.2) is 0 Å². The molecule has 88 valence electrons. The Kier molecular flexibility index (Phi) is 6.00. The van der Waals surface area contributed by atoms with Crippen molar-refractivity contribution in [2.24, 2.45) is 5.92 Å². The molecule has 15 heavy (non-hydrogen) atoms. The molecule has 1 N–H and O–H groups in total. The minimum Gasteiger partial charge on any atom is -0.314 e. The molecule has 1 heteroatoms. The summed E-state index contributed by atoms with van der Waals surface area (Å²) in [7, 11) is 2.07. The Morgan fingerprint density at radius 3 is 2.47 bits per heavy atom. The maximum atomic E-state index is 3.40. The average molecular weight is 209 g/mol. The summed E-state index contributed by atoms with van der Waals surface area (Å²) in [5, 5.41) is 3.40. The second-order valence-corrected chi connectivity index (χ2v) is 5.22. The zero-order chi connectivity index (χ0) is 11.1. The maximum Gasteiger partial charge on any atom is 0.0249 e. The third kappa shape index (κ3) is 5.36. The summed E-state index contributed by atoms with van der Waals surface area (Å²) in [5.74, 6) is 1.01.